The number of nitrogens with zero attached hydrogens (tertiary/aromatic N) is 3. The van der Waals surface area contributed by atoms with Gasteiger partial charge in [-0.2, -0.15) is 0 Å². The van der Waals surface area contributed by atoms with Crippen molar-refractivity contribution in [3.8, 4) is 5.88 Å². The Morgan fingerprint density at radius 2 is 2.26 bits per heavy atom. The average molecular weight is 278 g/mol. The minimum Gasteiger partial charge on any atom is -0.481 e. The Balaban J connectivity index is 2.09. The summed E-state index contributed by atoms with van der Waals surface area (Å²) in [5.74, 6) is 0.613. The van der Waals surface area contributed by atoms with Crippen LogP contribution in [0.3, 0.4) is 0 Å². The lowest BCUT2D eigenvalue weighted by Crippen LogP contribution is -2.30. The predicted molar refractivity (Wildman–Crippen MR) is 76.2 cm³/mol. The van der Waals surface area contributed by atoms with Crippen molar-refractivity contribution in [1.29, 1.82) is 0 Å². The number of methoxy groups -OCH3 is 1. The fraction of sp³-hybridized carbons (Fsp3) is 0.385. The number of thiazole rings is 1. The average Bonchev–Trinajstić information content (AvgIpc) is 2.93. The van der Waals surface area contributed by atoms with Crippen LogP contribution in [-0.2, 0) is 6.54 Å². The highest BCUT2D eigenvalue weighted by Crippen LogP contribution is 2.21. The minimum atomic E-state index is 0.125. The van der Waals surface area contributed by atoms with Gasteiger partial charge in [0.15, 0.2) is 0 Å². The van der Waals surface area contributed by atoms with Gasteiger partial charge in [-0.3, -0.25) is 4.90 Å². The quantitative estimate of drug-likeness (QED) is 0.871. The molecule has 0 fully saturated rings. The highest BCUT2D eigenvalue weighted by molar-refractivity contribution is 7.07. The van der Waals surface area contributed by atoms with Gasteiger partial charge < -0.3 is 10.5 Å². The molecule has 1 atom stereocenters. The molecular weight excluding hydrogens is 260 g/mol. The molecule has 2 aromatic rings. The van der Waals surface area contributed by atoms with Crippen LogP contribution in [-0.4, -0.2) is 35.6 Å². The first-order valence-electron chi connectivity index (χ1n) is 6.02. The van der Waals surface area contributed by atoms with E-state index < -0.39 is 0 Å². The van der Waals surface area contributed by atoms with Crippen molar-refractivity contribution < 1.29 is 4.74 Å². The van der Waals surface area contributed by atoms with E-state index in [2.05, 4.69) is 20.2 Å². The van der Waals surface area contributed by atoms with Crippen LogP contribution in [0.2, 0.25) is 0 Å². The number of rotatable bonds is 6. The Bertz CT molecular complexity index is 486. The summed E-state index contributed by atoms with van der Waals surface area (Å²) in [6.07, 6.45) is 1.81. The number of likely N-dealkylation sites (N-methyl/N-ethyl adjacent to an activating group) is 1. The van der Waals surface area contributed by atoms with Crippen molar-refractivity contribution in [3.05, 3.63) is 40.5 Å². The Hall–Kier alpha value is -1.50. The van der Waals surface area contributed by atoms with E-state index in [-0.39, 0.29) is 6.04 Å². The third-order valence-corrected chi connectivity index (χ3v) is 3.64. The highest BCUT2D eigenvalue weighted by atomic mass is 32.1. The van der Waals surface area contributed by atoms with Crippen LogP contribution < -0.4 is 10.5 Å². The molecule has 1 unspecified atom stereocenters. The molecule has 0 radical (unpaired) electrons. The molecule has 2 aromatic heterocycles. The maximum atomic E-state index is 5.89. The fourth-order valence-corrected chi connectivity index (χ4v) is 2.51. The van der Waals surface area contributed by atoms with E-state index in [1.165, 1.54) is 0 Å². The maximum Gasteiger partial charge on any atom is 0.212 e. The molecule has 0 spiro atoms. The molecule has 19 heavy (non-hydrogen) atoms. The van der Waals surface area contributed by atoms with Crippen molar-refractivity contribution >= 4 is 11.3 Å². The number of ether oxygens (including phenoxy) is 1. The van der Waals surface area contributed by atoms with Crippen molar-refractivity contribution in [3.63, 3.8) is 0 Å². The monoisotopic (exact) mass is 278 g/mol. The van der Waals surface area contributed by atoms with Crippen molar-refractivity contribution in [1.82, 2.24) is 14.9 Å². The number of aromatic nitrogens is 2. The van der Waals surface area contributed by atoms with Crippen molar-refractivity contribution in [2.75, 3.05) is 20.7 Å². The zero-order valence-corrected chi connectivity index (χ0v) is 11.9. The molecule has 102 valence electrons. The molecule has 0 aliphatic heterocycles. The van der Waals surface area contributed by atoms with E-state index in [0.717, 1.165) is 17.8 Å². The molecule has 0 saturated carbocycles. The van der Waals surface area contributed by atoms with Crippen molar-refractivity contribution in [2.24, 2.45) is 5.73 Å². The van der Waals surface area contributed by atoms with Gasteiger partial charge in [0.25, 0.3) is 0 Å². The molecule has 0 aromatic carbocycles. The minimum absolute atomic E-state index is 0.125. The maximum absolute atomic E-state index is 5.89. The van der Waals surface area contributed by atoms with Crippen LogP contribution in [0.25, 0.3) is 0 Å². The summed E-state index contributed by atoms with van der Waals surface area (Å²) < 4.78 is 5.06. The lowest BCUT2D eigenvalue weighted by atomic mass is 10.1. The van der Waals surface area contributed by atoms with Gasteiger partial charge in [0.1, 0.15) is 0 Å². The molecule has 2 N–H and O–H groups in total. The smallest absolute Gasteiger partial charge is 0.212 e. The topological polar surface area (TPSA) is 64.3 Å². The van der Waals surface area contributed by atoms with E-state index in [1.807, 2.05) is 30.9 Å². The Labute approximate surface area is 117 Å². The zero-order chi connectivity index (χ0) is 13.7. The molecule has 0 amide bonds. The van der Waals surface area contributed by atoms with Crippen LogP contribution >= 0.6 is 11.3 Å². The second-order valence-corrected chi connectivity index (χ2v) is 5.00. The molecule has 0 bridgehead atoms. The van der Waals surface area contributed by atoms with Crippen LogP contribution in [0.1, 0.15) is 17.3 Å². The molecule has 5 nitrogen and oxygen atoms in total. The van der Waals surface area contributed by atoms with Gasteiger partial charge in [0.2, 0.25) is 5.88 Å². The number of hydrogen-bond acceptors (Lipinski definition) is 6. The van der Waals surface area contributed by atoms with E-state index in [9.17, 15) is 0 Å². The number of pyridine rings is 1. The number of nitrogens with two attached hydrogens (primary N) is 1. The largest absolute Gasteiger partial charge is 0.481 e. The van der Waals surface area contributed by atoms with Gasteiger partial charge in [-0.1, -0.05) is 6.07 Å². The van der Waals surface area contributed by atoms with Gasteiger partial charge in [-0.15, -0.1) is 11.3 Å². The van der Waals surface area contributed by atoms with E-state index in [4.69, 9.17) is 10.5 Å². The van der Waals surface area contributed by atoms with Crippen molar-refractivity contribution in [2.45, 2.75) is 12.6 Å². The van der Waals surface area contributed by atoms with E-state index in [1.54, 1.807) is 18.4 Å². The van der Waals surface area contributed by atoms with E-state index >= 15 is 0 Å². The van der Waals surface area contributed by atoms with Crippen LogP contribution in [0.5, 0.6) is 5.88 Å². The fourth-order valence-electron chi connectivity index (χ4n) is 1.96. The Morgan fingerprint density at radius 1 is 1.42 bits per heavy atom. The second-order valence-electron chi connectivity index (χ2n) is 4.28. The first-order valence-corrected chi connectivity index (χ1v) is 6.96. The summed E-state index contributed by atoms with van der Waals surface area (Å²) in [5, 5.41) is 2.05. The summed E-state index contributed by atoms with van der Waals surface area (Å²) >= 11 is 1.60. The normalized spacial score (nSPS) is 12.6. The standard InChI is InChI=1S/C13H18N4OS/c1-17(7-11-8-19-9-16-11)12(5-14)10-3-4-13(18-2)15-6-10/h3-4,6,8-9,12H,5,7,14H2,1-2H3. The van der Waals surface area contributed by atoms with Crippen LogP contribution in [0.15, 0.2) is 29.2 Å². The SMILES string of the molecule is COc1ccc(C(CN)N(C)Cc2cscn2)cn1. The zero-order valence-electron chi connectivity index (χ0n) is 11.1. The molecular formula is C13H18N4OS. The van der Waals surface area contributed by atoms with Gasteiger partial charge in [0, 0.05) is 36.8 Å². The number of hydrogen-bond donors (Lipinski definition) is 1. The van der Waals surface area contributed by atoms with Gasteiger partial charge in [0.05, 0.1) is 18.3 Å². The molecule has 6 heteroatoms. The van der Waals surface area contributed by atoms with Gasteiger partial charge >= 0.3 is 0 Å². The lowest BCUT2D eigenvalue weighted by Gasteiger charge is -2.26. The molecule has 0 aliphatic carbocycles. The van der Waals surface area contributed by atoms with Crippen LogP contribution in [0, 0.1) is 0 Å². The second kappa shape index (κ2) is 6.60. The molecule has 2 rings (SSSR count). The summed E-state index contributed by atoms with van der Waals surface area (Å²) in [5.41, 5.74) is 9.88. The van der Waals surface area contributed by atoms with Crippen LogP contribution in [0.4, 0.5) is 0 Å². The third-order valence-electron chi connectivity index (χ3n) is 3.00. The first kappa shape index (κ1) is 13.9. The summed E-state index contributed by atoms with van der Waals surface area (Å²) in [4.78, 5) is 10.7. The van der Waals surface area contributed by atoms with Gasteiger partial charge in [-0.05, 0) is 12.6 Å². The summed E-state index contributed by atoms with van der Waals surface area (Å²) in [6, 6.07) is 3.98. The highest BCUT2D eigenvalue weighted by Gasteiger charge is 2.16. The van der Waals surface area contributed by atoms with Gasteiger partial charge in [-0.25, -0.2) is 9.97 Å². The Kier molecular flexibility index (Phi) is 4.84. The molecule has 2 heterocycles. The summed E-state index contributed by atoms with van der Waals surface area (Å²) in [7, 11) is 3.65. The summed E-state index contributed by atoms with van der Waals surface area (Å²) in [6.45, 7) is 1.31. The lowest BCUT2D eigenvalue weighted by molar-refractivity contribution is 0.239. The Morgan fingerprint density at radius 3 is 2.79 bits per heavy atom. The van der Waals surface area contributed by atoms with E-state index in [0.29, 0.717) is 12.4 Å². The third kappa shape index (κ3) is 3.50. The predicted octanol–water partition coefficient (Wildman–Crippen LogP) is 1.68. The first-order chi connectivity index (χ1) is 9.24. The molecule has 0 saturated heterocycles. The molecule has 0 aliphatic rings.